The van der Waals surface area contributed by atoms with Crippen molar-refractivity contribution in [2.75, 3.05) is 13.1 Å². The Bertz CT molecular complexity index is 807. The van der Waals surface area contributed by atoms with Crippen molar-refractivity contribution in [1.82, 2.24) is 9.88 Å². The van der Waals surface area contributed by atoms with E-state index in [2.05, 4.69) is 4.98 Å². The van der Waals surface area contributed by atoms with Crippen LogP contribution in [0.15, 0.2) is 24.3 Å². The van der Waals surface area contributed by atoms with E-state index in [-0.39, 0.29) is 19.1 Å². The average Bonchev–Trinajstić information content (AvgIpc) is 2.81. The van der Waals surface area contributed by atoms with Crippen molar-refractivity contribution in [3.8, 4) is 0 Å². The van der Waals surface area contributed by atoms with Gasteiger partial charge in [0.15, 0.2) is 0 Å². The third kappa shape index (κ3) is 4.10. The van der Waals surface area contributed by atoms with E-state index in [1.54, 1.807) is 4.90 Å². The lowest BCUT2D eigenvalue weighted by Crippen LogP contribution is -2.35. The lowest BCUT2D eigenvalue weighted by atomic mass is 10.1. The normalized spacial score (nSPS) is 15.3. The van der Waals surface area contributed by atoms with Crippen LogP contribution in [0.3, 0.4) is 0 Å². The van der Waals surface area contributed by atoms with Gasteiger partial charge in [0.25, 0.3) is 0 Å². The quantitative estimate of drug-likeness (QED) is 0.781. The van der Waals surface area contributed by atoms with Crippen molar-refractivity contribution in [1.29, 1.82) is 0 Å². The maximum atomic E-state index is 12.1. The summed E-state index contributed by atoms with van der Waals surface area (Å²) < 4.78 is 5.32. The largest absolute Gasteiger partial charge is 0.458 e. The number of carbonyl (C=O) groups is 2. The molecule has 5 nitrogen and oxygen atoms in total. The van der Waals surface area contributed by atoms with Crippen LogP contribution in [0.4, 0.5) is 0 Å². The zero-order valence-corrected chi connectivity index (χ0v) is 15.0. The first-order chi connectivity index (χ1) is 12.1. The highest BCUT2D eigenvalue weighted by atomic mass is 35.5. The van der Waals surface area contributed by atoms with Crippen molar-refractivity contribution < 1.29 is 14.3 Å². The first-order valence-corrected chi connectivity index (χ1v) is 8.91. The summed E-state index contributed by atoms with van der Waals surface area (Å²) in [5, 5.41) is 1.50. The third-order valence-corrected chi connectivity index (χ3v) is 5.01. The molecule has 0 spiro atoms. The molecular formula is C19H21ClN2O3. The standard InChI is InChI=1S/C19H21ClN2O3/c1-13-14-7-4-5-8-15(14)21-16(19(13)20)12-25-18(24)11-22-10-6-2-3-9-17(22)23/h4-5,7-8H,2-3,6,9-12H2,1H3. The van der Waals surface area contributed by atoms with Crippen LogP contribution in [-0.2, 0) is 20.9 Å². The number of halogens is 1. The number of hydrogen-bond acceptors (Lipinski definition) is 4. The number of amides is 1. The molecule has 2 aromatic rings. The van der Waals surface area contributed by atoms with Gasteiger partial charge in [-0.3, -0.25) is 9.59 Å². The van der Waals surface area contributed by atoms with Crippen LogP contribution in [0.2, 0.25) is 5.02 Å². The Kier molecular flexibility index (Phi) is 5.53. The smallest absolute Gasteiger partial charge is 0.326 e. The number of hydrogen-bond donors (Lipinski definition) is 0. The molecule has 2 heterocycles. The molecule has 0 saturated carbocycles. The zero-order chi connectivity index (χ0) is 17.8. The predicted molar refractivity (Wildman–Crippen MR) is 96.3 cm³/mol. The summed E-state index contributed by atoms with van der Waals surface area (Å²) in [6, 6.07) is 7.71. The van der Waals surface area contributed by atoms with Gasteiger partial charge in [0, 0.05) is 18.4 Å². The molecule has 1 amide bonds. The molecule has 0 N–H and O–H groups in total. The van der Waals surface area contributed by atoms with Gasteiger partial charge in [0.1, 0.15) is 13.2 Å². The molecule has 1 fully saturated rings. The fraction of sp³-hybridized carbons (Fsp3) is 0.421. The van der Waals surface area contributed by atoms with Crippen LogP contribution in [0.25, 0.3) is 10.9 Å². The third-order valence-electron chi connectivity index (χ3n) is 4.51. The maximum Gasteiger partial charge on any atom is 0.326 e. The summed E-state index contributed by atoms with van der Waals surface area (Å²) in [5.74, 6) is -0.411. The highest BCUT2D eigenvalue weighted by molar-refractivity contribution is 6.32. The van der Waals surface area contributed by atoms with Crippen molar-refractivity contribution in [3.63, 3.8) is 0 Å². The monoisotopic (exact) mass is 360 g/mol. The summed E-state index contributed by atoms with van der Waals surface area (Å²) in [6.07, 6.45) is 3.34. The number of aromatic nitrogens is 1. The molecule has 1 aromatic heterocycles. The Morgan fingerprint density at radius 1 is 1.28 bits per heavy atom. The van der Waals surface area contributed by atoms with Gasteiger partial charge in [-0.15, -0.1) is 0 Å². The first kappa shape index (κ1) is 17.7. The highest BCUT2D eigenvalue weighted by Gasteiger charge is 2.20. The molecule has 3 rings (SSSR count). The van der Waals surface area contributed by atoms with E-state index in [1.165, 1.54) is 0 Å². The van der Waals surface area contributed by atoms with E-state index in [0.29, 0.717) is 23.7 Å². The molecule has 0 bridgehead atoms. The maximum absolute atomic E-state index is 12.1. The van der Waals surface area contributed by atoms with E-state index in [1.807, 2.05) is 31.2 Å². The minimum absolute atomic E-state index is 0.00533. The Morgan fingerprint density at radius 3 is 2.92 bits per heavy atom. The summed E-state index contributed by atoms with van der Waals surface area (Å²) in [6.45, 7) is 2.53. The van der Waals surface area contributed by atoms with E-state index in [9.17, 15) is 9.59 Å². The molecule has 1 saturated heterocycles. The summed E-state index contributed by atoms with van der Waals surface area (Å²) in [7, 11) is 0. The number of carbonyl (C=O) groups excluding carboxylic acids is 2. The molecule has 1 aromatic carbocycles. The van der Waals surface area contributed by atoms with E-state index in [0.717, 1.165) is 35.7 Å². The van der Waals surface area contributed by atoms with Gasteiger partial charge < -0.3 is 9.64 Å². The number of ether oxygens (including phenoxy) is 1. The minimum atomic E-state index is -0.432. The molecule has 0 atom stereocenters. The topological polar surface area (TPSA) is 59.5 Å². The van der Waals surface area contributed by atoms with E-state index < -0.39 is 5.97 Å². The van der Waals surface area contributed by atoms with Crippen molar-refractivity contribution in [2.45, 2.75) is 39.2 Å². The zero-order valence-electron chi connectivity index (χ0n) is 14.3. The summed E-state index contributed by atoms with van der Waals surface area (Å²) in [4.78, 5) is 30.1. The molecule has 6 heteroatoms. The fourth-order valence-electron chi connectivity index (χ4n) is 3.07. The summed E-state index contributed by atoms with van der Waals surface area (Å²) in [5.41, 5.74) is 2.27. The fourth-order valence-corrected chi connectivity index (χ4v) is 3.27. The minimum Gasteiger partial charge on any atom is -0.458 e. The summed E-state index contributed by atoms with van der Waals surface area (Å²) >= 11 is 6.37. The Balaban J connectivity index is 1.67. The molecule has 0 aliphatic carbocycles. The van der Waals surface area contributed by atoms with Crippen LogP contribution in [0, 0.1) is 6.92 Å². The molecule has 25 heavy (non-hydrogen) atoms. The second-order valence-corrected chi connectivity index (χ2v) is 6.68. The highest BCUT2D eigenvalue weighted by Crippen LogP contribution is 2.27. The molecule has 1 aliphatic rings. The number of nitrogens with zero attached hydrogens (tertiary/aromatic N) is 2. The Labute approximate surface area is 151 Å². The molecule has 0 unspecified atom stereocenters. The lowest BCUT2D eigenvalue weighted by Gasteiger charge is -2.19. The van der Waals surface area contributed by atoms with Crippen molar-refractivity contribution in [3.05, 3.63) is 40.5 Å². The SMILES string of the molecule is Cc1c(Cl)c(COC(=O)CN2CCCCCC2=O)nc2ccccc12. The Hall–Kier alpha value is -2.14. The number of aryl methyl sites for hydroxylation is 1. The number of esters is 1. The number of fused-ring (bicyclic) bond motifs is 1. The number of pyridine rings is 1. The van der Waals surface area contributed by atoms with Crippen molar-refractivity contribution in [2.24, 2.45) is 0 Å². The average molecular weight is 361 g/mol. The van der Waals surface area contributed by atoms with Crippen LogP contribution in [-0.4, -0.2) is 34.8 Å². The van der Waals surface area contributed by atoms with Gasteiger partial charge in [-0.25, -0.2) is 4.98 Å². The number of benzene rings is 1. The second kappa shape index (κ2) is 7.83. The van der Waals surface area contributed by atoms with Gasteiger partial charge in [0.05, 0.1) is 16.2 Å². The van der Waals surface area contributed by atoms with Gasteiger partial charge in [-0.1, -0.05) is 36.2 Å². The van der Waals surface area contributed by atoms with Crippen LogP contribution in [0.5, 0.6) is 0 Å². The lowest BCUT2D eigenvalue weighted by molar-refractivity contribution is -0.150. The van der Waals surface area contributed by atoms with Gasteiger partial charge in [0.2, 0.25) is 5.91 Å². The molecule has 0 radical (unpaired) electrons. The van der Waals surface area contributed by atoms with E-state index in [4.69, 9.17) is 16.3 Å². The second-order valence-electron chi connectivity index (χ2n) is 6.30. The van der Waals surface area contributed by atoms with Crippen molar-refractivity contribution >= 4 is 34.4 Å². The van der Waals surface area contributed by atoms with Crippen LogP contribution < -0.4 is 0 Å². The molecule has 132 valence electrons. The van der Waals surface area contributed by atoms with Crippen LogP contribution in [0.1, 0.15) is 36.9 Å². The Morgan fingerprint density at radius 2 is 2.08 bits per heavy atom. The van der Waals surface area contributed by atoms with Crippen LogP contribution >= 0.6 is 11.6 Å². The van der Waals surface area contributed by atoms with E-state index >= 15 is 0 Å². The number of rotatable bonds is 4. The molecule has 1 aliphatic heterocycles. The first-order valence-electron chi connectivity index (χ1n) is 8.53. The van der Waals surface area contributed by atoms with Gasteiger partial charge in [-0.05, 0) is 31.4 Å². The van der Waals surface area contributed by atoms with Gasteiger partial charge in [-0.2, -0.15) is 0 Å². The number of likely N-dealkylation sites (tertiary alicyclic amines) is 1. The van der Waals surface area contributed by atoms with Gasteiger partial charge >= 0.3 is 5.97 Å². The predicted octanol–water partition coefficient (Wildman–Crippen LogP) is 3.64. The molecular weight excluding hydrogens is 340 g/mol. The number of para-hydroxylation sites is 1.